The molecule has 2 N–H and O–H groups in total. The van der Waals surface area contributed by atoms with Crippen LogP contribution in [0, 0.1) is 11.3 Å². The van der Waals surface area contributed by atoms with E-state index in [-0.39, 0.29) is 17.4 Å². The third-order valence-electron chi connectivity index (χ3n) is 3.59. The molecule has 26 heavy (non-hydrogen) atoms. The maximum absolute atomic E-state index is 11.6. The molecule has 0 amide bonds. The maximum Gasteiger partial charge on any atom is 0.337 e. The summed E-state index contributed by atoms with van der Waals surface area (Å²) in [6, 6.07) is 16.8. The number of rotatable bonds is 5. The highest BCUT2D eigenvalue weighted by Crippen LogP contribution is 2.23. The summed E-state index contributed by atoms with van der Waals surface area (Å²) in [6.07, 6.45) is 1.51. The summed E-state index contributed by atoms with van der Waals surface area (Å²) >= 11 is 0. The largest absolute Gasteiger partial charge is 0.465 e. The van der Waals surface area contributed by atoms with Crippen LogP contribution in [-0.2, 0) is 4.74 Å². The van der Waals surface area contributed by atoms with Crippen molar-refractivity contribution in [3.05, 3.63) is 66.1 Å². The Morgan fingerprint density at radius 2 is 2.04 bits per heavy atom. The van der Waals surface area contributed by atoms with Crippen molar-refractivity contribution < 1.29 is 9.53 Å². The number of anilines is 1. The van der Waals surface area contributed by atoms with E-state index in [2.05, 4.69) is 25.9 Å². The van der Waals surface area contributed by atoms with E-state index in [1.165, 1.54) is 13.3 Å². The third-order valence-corrected chi connectivity index (χ3v) is 3.59. The molecule has 3 aromatic rings. The van der Waals surface area contributed by atoms with E-state index in [0.29, 0.717) is 5.56 Å². The van der Waals surface area contributed by atoms with Crippen molar-refractivity contribution in [1.82, 2.24) is 20.6 Å². The molecule has 0 spiro atoms. The highest BCUT2D eigenvalue weighted by molar-refractivity contribution is 5.91. The van der Waals surface area contributed by atoms with Gasteiger partial charge in [0.2, 0.25) is 5.82 Å². The molecule has 0 aliphatic rings. The second kappa shape index (κ2) is 7.72. The highest BCUT2D eigenvalue weighted by Gasteiger charge is 2.07. The minimum Gasteiger partial charge on any atom is -0.465 e. The molecule has 0 bridgehead atoms. The van der Waals surface area contributed by atoms with Crippen LogP contribution >= 0.6 is 0 Å². The summed E-state index contributed by atoms with van der Waals surface area (Å²) in [7, 11) is 1.35. The predicted molar refractivity (Wildman–Crippen MR) is 94.6 cm³/mol. The number of nitrogens with zero attached hydrogens (tertiary/aromatic N) is 4. The van der Waals surface area contributed by atoms with Crippen molar-refractivity contribution in [3.63, 3.8) is 0 Å². The number of esters is 1. The van der Waals surface area contributed by atoms with Gasteiger partial charge in [0.1, 0.15) is 11.6 Å². The third kappa shape index (κ3) is 3.73. The number of hydrogen-bond acceptors (Lipinski definition) is 7. The lowest BCUT2D eigenvalue weighted by atomic mass is 10.0. The zero-order valence-corrected chi connectivity index (χ0v) is 13.8. The van der Waals surface area contributed by atoms with Crippen molar-refractivity contribution in [3.8, 4) is 17.2 Å². The van der Waals surface area contributed by atoms with Crippen LogP contribution in [0.15, 0.2) is 54.7 Å². The first kappa shape index (κ1) is 16.9. The molecule has 0 aliphatic carbocycles. The Morgan fingerprint density at radius 3 is 2.69 bits per heavy atom. The minimum atomic E-state index is -0.374. The van der Waals surface area contributed by atoms with Crippen molar-refractivity contribution >= 4 is 17.2 Å². The van der Waals surface area contributed by atoms with Gasteiger partial charge in [0.25, 0.3) is 0 Å². The Labute approximate surface area is 149 Å². The molecule has 0 saturated heterocycles. The van der Waals surface area contributed by atoms with Crippen molar-refractivity contribution in [2.24, 2.45) is 0 Å². The Bertz CT molecular complexity index is 972. The predicted octanol–water partition coefficient (Wildman–Crippen LogP) is 2.63. The SMILES string of the molecule is COC(=O)c1cccc(-c2ccc(NC=C(C#N)c3nn[nH]n3)cc2)c1. The Morgan fingerprint density at radius 1 is 1.23 bits per heavy atom. The minimum absolute atomic E-state index is 0.219. The van der Waals surface area contributed by atoms with Crippen LogP contribution < -0.4 is 5.32 Å². The van der Waals surface area contributed by atoms with Crippen LogP contribution in [0.2, 0.25) is 0 Å². The molecule has 0 fully saturated rings. The number of tetrazole rings is 1. The normalized spacial score (nSPS) is 10.8. The molecule has 1 aromatic heterocycles. The summed E-state index contributed by atoms with van der Waals surface area (Å²) in [6.45, 7) is 0. The van der Waals surface area contributed by atoms with Crippen molar-refractivity contribution in [1.29, 1.82) is 5.26 Å². The lowest BCUT2D eigenvalue weighted by molar-refractivity contribution is 0.0601. The quantitative estimate of drug-likeness (QED) is 0.539. The zero-order valence-electron chi connectivity index (χ0n) is 13.8. The van der Waals surface area contributed by atoms with Gasteiger partial charge >= 0.3 is 5.97 Å². The molecule has 128 valence electrons. The van der Waals surface area contributed by atoms with Crippen LogP contribution in [0.3, 0.4) is 0 Å². The average molecular weight is 346 g/mol. The van der Waals surface area contributed by atoms with Crippen LogP contribution in [-0.4, -0.2) is 33.7 Å². The van der Waals surface area contributed by atoms with Gasteiger partial charge in [-0.15, -0.1) is 10.2 Å². The van der Waals surface area contributed by atoms with Gasteiger partial charge in [0.15, 0.2) is 0 Å². The number of aromatic amines is 1. The van der Waals surface area contributed by atoms with Gasteiger partial charge in [0, 0.05) is 11.9 Å². The molecule has 8 nitrogen and oxygen atoms in total. The summed E-state index contributed by atoms with van der Waals surface area (Å²) in [4.78, 5) is 11.6. The first-order chi connectivity index (χ1) is 12.7. The molecule has 0 saturated carbocycles. The zero-order chi connectivity index (χ0) is 18.4. The molecule has 1 heterocycles. The van der Waals surface area contributed by atoms with Gasteiger partial charge in [-0.05, 0) is 40.6 Å². The Kier molecular flexibility index (Phi) is 5.00. The topological polar surface area (TPSA) is 117 Å². The van der Waals surface area contributed by atoms with E-state index in [1.807, 2.05) is 36.4 Å². The first-order valence-corrected chi connectivity index (χ1v) is 7.60. The summed E-state index contributed by atoms with van der Waals surface area (Å²) in [5.41, 5.74) is 3.39. The van der Waals surface area contributed by atoms with Gasteiger partial charge in [-0.2, -0.15) is 10.5 Å². The number of carbonyl (C=O) groups is 1. The van der Waals surface area contributed by atoms with Gasteiger partial charge in [0.05, 0.1) is 12.7 Å². The molecular formula is C18H14N6O2. The lowest BCUT2D eigenvalue weighted by Gasteiger charge is -2.06. The fourth-order valence-corrected chi connectivity index (χ4v) is 2.28. The van der Waals surface area contributed by atoms with Gasteiger partial charge < -0.3 is 10.1 Å². The highest BCUT2D eigenvalue weighted by atomic mass is 16.5. The second-order valence-electron chi connectivity index (χ2n) is 5.20. The second-order valence-corrected chi connectivity index (χ2v) is 5.20. The molecule has 0 atom stereocenters. The number of H-pyrrole nitrogens is 1. The Balaban J connectivity index is 1.77. The van der Waals surface area contributed by atoms with Crippen LogP contribution in [0.4, 0.5) is 5.69 Å². The average Bonchev–Trinajstić information content (AvgIpc) is 3.23. The van der Waals surface area contributed by atoms with E-state index in [0.717, 1.165) is 16.8 Å². The van der Waals surface area contributed by atoms with E-state index >= 15 is 0 Å². The van der Waals surface area contributed by atoms with E-state index < -0.39 is 0 Å². The number of nitriles is 1. The van der Waals surface area contributed by atoms with Crippen molar-refractivity contribution in [2.45, 2.75) is 0 Å². The standard InChI is InChI=1S/C18H14N6O2/c1-26-18(25)14-4-2-3-13(9-14)12-5-7-16(8-6-12)20-11-15(10-19)17-21-23-24-22-17/h2-9,11,20H,1H3,(H,21,22,23,24). The summed E-state index contributed by atoms with van der Waals surface area (Å²) < 4.78 is 4.74. The maximum atomic E-state index is 11.6. The molecule has 0 radical (unpaired) electrons. The number of allylic oxidation sites excluding steroid dienone is 1. The number of ether oxygens (including phenoxy) is 1. The summed E-state index contributed by atoms with van der Waals surface area (Å²) in [5.74, 6) is -0.156. The monoisotopic (exact) mass is 346 g/mol. The Hall–Kier alpha value is -3.99. The first-order valence-electron chi connectivity index (χ1n) is 7.60. The van der Waals surface area contributed by atoms with Crippen LogP contribution in [0.25, 0.3) is 16.7 Å². The molecule has 2 aromatic carbocycles. The summed E-state index contributed by atoms with van der Waals surface area (Å²) in [5, 5.41) is 25.4. The van der Waals surface area contributed by atoms with Crippen LogP contribution in [0.5, 0.6) is 0 Å². The van der Waals surface area contributed by atoms with E-state index in [4.69, 9.17) is 10.00 Å². The fraction of sp³-hybridized carbons (Fsp3) is 0.0556. The van der Waals surface area contributed by atoms with Gasteiger partial charge in [-0.1, -0.05) is 24.3 Å². The number of benzene rings is 2. The lowest BCUT2D eigenvalue weighted by Crippen LogP contribution is -2.00. The van der Waals surface area contributed by atoms with E-state index in [9.17, 15) is 4.79 Å². The number of nitrogens with one attached hydrogen (secondary N) is 2. The molecule has 3 rings (SSSR count). The van der Waals surface area contributed by atoms with E-state index in [1.54, 1.807) is 18.2 Å². The van der Waals surface area contributed by atoms with Crippen LogP contribution in [0.1, 0.15) is 16.2 Å². The number of carbonyl (C=O) groups excluding carboxylic acids is 1. The van der Waals surface area contributed by atoms with Crippen molar-refractivity contribution in [2.75, 3.05) is 12.4 Å². The van der Waals surface area contributed by atoms with Gasteiger partial charge in [-0.3, -0.25) is 0 Å². The molecule has 8 heteroatoms. The molecular weight excluding hydrogens is 332 g/mol. The smallest absolute Gasteiger partial charge is 0.337 e. The molecule has 0 aliphatic heterocycles. The number of aromatic nitrogens is 4. The number of methoxy groups -OCH3 is 1. The number of hydrogen-bond donors (Lipinski definition) is 2. The van der Waals surface area contributed by atoms with Gasteiger partial charge in [-0.25, -0.2) is 4.79 Å². The molecule has 0 unspecified atom stereocenters. The fourth-order valence-electron chi connectivity index (χ4n) is 2.28.